The average Bonchev–Trinajstić information content (AvgIpc) is 2.89. The third-order valence-electron chi connectivity index (χ3n) is 3.57. The number of sulfone groups is 1. The quantitative estimate of drug-likeness (QED) is 0.877. The minimum atomic E-state index is -3.19. The molecule has 0 radical (unpaired) electrons. The molecular formula is C15H23NO2S2. The molecule has 3 nitrogen and oxygen atoms in total. The van der Waals surface area contributed by atoms with Crippen molar-refractivity contribution in [2.75, 3.05) is 18.1 Å². The SMILES string of the molecule is Cc1ccc(S(=O)(=O)C[C@H](C)NC[C@H]2CCCS2)cc1. The van der Waals surface area contributed by atoms with Crippen LogP contribution in [0.3, 0.4) is 0 Å². The second-order valence-corrected chi connectivity index (χ2v) is 8.98. The lowest BCUT2D eigenvalue weighted by Crippen LogP contribution is -2.36. The van der Waals surface area contributed by atoms with Crippen LogP contribution in [0.1, 0.15) is 25.3 Å². The minimum absolute atomic E-state index is 0.0116. The van der Waals surface area contributed by atoms with Crippen molar-refractivity contribution in [1.29, 1.82) is 0 Å². The smallest absolute Gasteiger partial charge is 0.179 e. The first kappa shape index (κ1) is 15.9. The van der Waals surface area contributed by atoms with E-state index in [1.54, 1.807) is 12.1 Å². The number of nitrogens with one attached hydrogen (secondary N) is 1. The lowest BCUT2D eigenvalue weighted by Gasteiger charge is -2.17. The van der Waals surface area contributed by atoms with E-state index in [4.69, 9.17) is 0 Å². The summed E-state index contributed by atoms with van der Waals surface area (Å²) in [4.78, 5) is 0.423. The first-order valence-corrected chi connectivity index (χ1v) is 9.82. The molecule has 1 aromatic rings. The molecule has 20 heavy (non-hydrogen) atoms. The maximum absolute atomic E-state index is 12.3. The number of thioether (sulfide) groups is 1. The largest absolute Gasteiger partial charge is 0.312 e. The van der Waals surface area contributed by atoms with Gasteiger partial charge in [0.25, 0.3) is 0 Å². The van der Waals surface area contributed by atoms with Crippen LogP contribution >= 0.6 is 11.8 Å². The molecule has 1 saturated heterocycles. The van der Waals surface area contributed by atoms with Crippen molar-refractivity contribution >= 4 is 21.6 Å². The molecule has 1 fully saturated rings. The molecule has 1 aromatic carbocycles. The molecule has 1 aliphatic rings. The Bertz CT molecular complexity index is 519. The maximum Gasteiger partial charge on any atom is 0.179 e. The Morgan fingerprint density at radius 1 is 1.35 bits per heavy atom. The third kappa shape index (κ3) is 4.50. The molecule has 5 heteroatoms. The highest BCUT2D eigenvalue weighted by Crippen LogP contribution is 2.25. The third-order valence-corrected chi connectivity index (χ3v) is 6.89. The summed E-state index contributed by atoms with van der Waals surface area (Å²) in [5.41, 5.74) is 1.08. The monoisotopic (exact) mass is 313 g/mol. The summed E-state index contributed by atoms with van der Waals surface area (Å²) < 4.78 is 24.6. The molecule has 0 aliphatic carbocycles. The van der Waals surface area contributed by atoms with Gasteiger partial charge in [-0.2, -0.15) is 11.8 Å². The number of hydrogen-bond donors (Lipinski definition) is 1. The van der Waals surface area contributed by atoms with Gasteiger partial charge < -0.3 is 5.32 Å². The van der Waals surface area contributed by atoms with Crippen LogP contribution in [0.5, 0.6) is 0 Å². The van der Waals surface area contributed by atoms with Crippen molar-refractivity contribution in [3.05, 3.63) is 29.8 Å². The molecule has 0 saturated carbocycles. The highest BCUT2D eigenvalue weighted by Gasteiger charge is 2.20. The molecule has 0 amide bonds. The van der Waals surface area contributed by atoms with Crippen LogP contribution in [-0.2, 0) is 9.84 Å². The first-order valence-electron chi connectivity index (χ1n) is 7.12. The van der Waals surface area contributed by atoms with Gasteiger partial charge in [0.05, 0.1) is 10.6 Å². The van der Waals surface area contributed by atoms with E-state index in [9.17, 15) is 8.42 Å². The van der Waals surface area contributed by atoms with Gasteiger partial charge in [-0.25, -0.2) is 8.42 Å². The second-order valence-electron chi connectivity index (χ2n) is 5.54. The standard InChI is InChI=1S/C15H23NO2S2/c1-12-5-7-15(8-6-12)20(17,18)11-13(2)16-10-14-4-3-9-19-14/h5-8,13-14,16H,3-4,9-11H2,1-2H3/t13-,14+/m0/s1. The first-order chi connectivity index (χ1) is 9.47. The van der Waals surface area contributed by atoms with Gasteiger partial charge >= 0.3 is 0 Å². The Kier molecular flexibility index (Phi) is 5.52. The van der Waals surface area contributed by atoms with Crippen molar-refractivity contribution in [3.8, 4) is 0 Å². The topological polar surface area (TPSA) is 46.2 Å². The van der Waals surface area contributed by atoms with E-state index in [0.29, 0.717) is 10.1 Å². The van der Waals surface area contributed by atoms with Crippen LogP contribution in [0.25, 0.3) is 0 Å². The molecule has 0 unspecified atom stereocenters. The van der Waals surface area contributed by atoms with Crippen molar-refractivity contribution < 1.29 is 8.42 Å². The molecule has 1 aliphatic heterocycles. The molecule has 2 rings (SSSR count). The van der Waals surface area contributed by atoms with Crippen molar-refractivity contribution in [2.24, 2.45) is 0 Å². The van der Waals surface area contributed by atoms with Gasteiger partial charge in [0.1, 0.15) is 0 Å². The normalized spacial score (nSPS) is 21.0. The van der Waals surface area contributed by atoms with Crippen molar-refractivity contribution in [3.63, 3.8) is 0 Å². The number of hydrogen-bond acceptors (Lipinski definition) is 4. The summed E-state index contributed by atoms with van der Waals surface area (Å²) in [6.07, 6.45) is 2.53. The fraction of sp³-hybridized carbons (Fsp3) is 0.600. The summed E-state index contributed by atoms with van der Waals surface area (Å²) in [6, 6.07) is 7.08. The van der Waals surface area contributed by atoms with E-state index < -0.39 is 9.84 Å². The van der Waals surface area contributed by atoms with Gasteiger partial charge in [0.15, 0.2) is 9.84 Å². The average molecular weight is 313 g/mol. The van der Waals surface area contributed by atoms with Crippen LogP contribution in [-0.4, -0.2) is 37.8 Å². The summed E-state index contributed by atoms with van der Waals surface area (Å²) in [5, 5.41) is 4.01. The molecule has 0 bridgehead atoms. The maximum atomic E-state index is 12.3. The van der Waals surface area contributed by atoms with Crippen LogP contribution in [0.4, 0.5) is 0 Å². The van der Waals surface area contributed by atoms with Gasteiger partial charge in [-0.1, -0.05) is 17.7 Å². The Hall–Kier alpha value is -0.520. The van der Waals surface area contributed by atoms with Crippen molar-refractivity contribution in [2.45, 2.75) is 42.9 Å². The number of benzene rings is 1. The lowest BCUT2D eigenvalue weighted by atomic mass is 10.2. The minimum Gasteiger partial charge on any atom is -0.312 e. The van der Waals surface area contributed by atoms with Gasteiger partial charge in [-0.05, 0) is 44.6 Å². The van der Waals surface area contributed by atoms with Crippen LogP contribution in [0.15, 0.2) is 29.2 Å². The van der Waals surface area contributed by atoms with Crippen molar-refractivity contribution in [1.82, 2.24) is 5.32 Å². The fourth-order valence-corrected chi connectivity index (χ4v) is 5.10. The summed E-state index contributed by atoms with van der Waals surface area (Å²) in [6.45, 7) is 4.82. The summed E-state index contributed by atoms with van der Waals surface area (Å²) in [7, 11) is -3.19. The fourth-order valence-electron chi connectivity index (χ4n) is 2.37. The molecular weight excluding hydrogens is 290 g/mol. The zero-order valence-corrected chi connectivity index (χ0v) is 13.8. The van der Waals surface area contributed by atoms with E-state index in [1.807, 2.05) is 37.7 Å². The van der Waals surface area contributed by atoms with Gasteiger partial charge in [-0.3, -0.25) is 0 Å². The van der Waals surface area contributed by atoms with E-state index in [-0.39, 0.29) is 11.8 Å². The molecule has 1 heterocycles. The molecule has 0 aromatic heterocycles. The van der Waals surface area contributed by atoms with Gasteiger partial charge in [0, 0.05) is 17.8 Å². The van der Waals surface area contributed by atoms with E-state index >= 15 is 0 Å². The molecule has 2 atom stereocenters. The predicted octanol–water partition coefficient (Wildman–Crippen LogP) is 2.64. The second kappa shape index (κ2) is 6.96. The summed E-state index contributed by atoms with van der Waals surface area (Å²) in [5.74, 6) is 1.40. The highest BCUT2D eigenvalue weighted by molar-refractivity contribution is 8.00. The van der Waals surface area contributed by atoms with Crippen LogP contribution < -0.4 is 5.32 Å². The van der Waals surface area contributed by atoms with E-state index in [1.165, 1.54) is 18.6 Å². The molecule has 1 N–H and O–H groups in total. The molecule has 0 spiro atoms. The zero-order valence-electron chi connectivity index (χ0n) is 12.1. The Labute approximate surface area is 126 Å². The number of rotatable bonds is 6. The van der Waals surface area contributed by atoms with Crippen LogP contribution in [0, 0.1) is 6.92 Å². The Balaban J connectivity index is 1.88. The Morgan fingerprint density at radius 2 is 2.05 bits per heavy atom. The Morgan fingerprint density at radius 3 is 2.65 bits per heavy atom. The molecule has 112 valence electrons. The summed E-state index contributed by atoms with van der Waals surface area (Å²) >= 11 is 1.99. The lowest BCUT2D eigenvalue weighted by molar-refractivity contribution is 0.549. The van der Waals surface area contributed by atoms with Gasteiger partial charge in [0.2, 0.25) is 0 Å². The zero-order chi connectivity index (χ0) is 14.6. The van der Waals surface area contributed by atoms with Crippen LogP contribution in [0.2, 0.25) is 0 Å². The van der Waals surface area contributed by atoms with Gasteiger partial charge in [-0.15, -0.1) is 0 Å². The van der Waals surface area contributed by atoms with E-state index in [0.717, 1.165) is 12.1 Å². The predicted molar refractivity (Wildman–Crippen MR) is 86.2 cm³/mol. The highest BCUT2D eigenvalue weighted by atomic mass is 32.2. The van der Waals surface area contributed by atoms with E-state index in [2.05, 4.69) is 5.32 Å². The number of aryl methyl sites for hydroxylation is 1.